The molecule has 0 radical (unpaired) electrons. The molecule has 2 aromatic rings. The molecule has 0 saturated carbocycles. The molecule has 1 unspecified atom stereocenters. The number of carbonyl (C=O) groups is 1. The summed E-state index contributed by atoms with van der Waals surface area (Å²) in [7, 11) is 0. The summed E-state index contributed by atoms with van der Waals surface area (Å²) in [6.45, 7) is 2.19. The molecule has 0 aliphatic rings. The molecule has 1 heterocycles. The molecule has 2 N–H and O–H groups in total. The first kappa shape index (κ1) is 12.6. The van der Waals surface area contributed by atoms with E-state index in [2.05, 4.69) is 15.5 Å². The summed E-state index contributed by atoms with van der Waals surface area (Å²) >= 11 is 6.21. The molecule has 1 amide bonds. The monoisotopic (exact) mass is 263 g/mol. The highest BCUT2D eigenvalue weighted by Gasteiger charge is 2.13. The number of aryl methyl sites for hydroxylation is 1. The van der Waals surface area contributed by atoms with Gasteiger partial charge in [0.1, 0.15) is 0 Å². The molecule has 0 spiro atoms. The smallest absolute Gasteiger partial charge is 0.254 e. The Morgan fingerprint density at radius 1 is 1.44 bits per heavy atom. The van der Waals surface area contributed by atoms with Crippen molar-refractivity contribution < 1.29 is 4.79 Å². The standard InChI is InChI=1S/C13H14ClN3O/c1-9-11(7-16-17-9)13(18)15-8-12(14)10-5-3-2-4-6-10/h2-7,12H,8H2,1H3,(H,15,18)(H,16,17). The van der Waals surface area contributed by atoms with E-state index in [1.807, 2.05) is 30.3 Å². The number of hydrogen-bond donors (Lipinski definition) is 2. The number of hydrogen-bond acceptors (Lipinski definition) is 2. The maximum Gasteiger partial charge on any atom is 0.254 e. The van der Waals surface area contributed by atoms with E-state index in [4.69, 9.17) is 11.6 Å². The van der Waals surface area contributed by atoms with Crippen LogP contribution in [0.1, 0.15) is 27.0 Å². The van der Waals surface area contributed by atoms with Gasteiger partial charge in [0.15, 0.2) is 0 Å². The van der Waals surface area contributed by atoms with Gasteiger partial charge in [-0.2, -0.15) is 5.10 Å². The van der Waals surface area contributed by atoms with E-state index in [9.17, 15) is 4.79 Å². The van der Waals surface area contributed by atoms with Crippen LogP contribution in [0, 0.1) is 6.92 Å². The molecule has 0 bridgehead atoms. The Hall–Kier alpha value is -1.81. The Morgan fingerprint density at radius 3 is 2.78 bits per heavy atom. The fourth-order valence-corrected chi connectivity index (χ4v) is 1.86. The van der Waals surface area contributed by atoms with Gasteiger partial charge in [-0.25, -0.2) is 0 Å². The van der Waals surface area contributed by atoms with Gasteiger partial charge in [-0.1, -0.05) is 30.3 Å². The number of nitrogens with zero attached hydrogens (tertiary/aromatic N) is 1. The molecule has 18 heavy (non-hydrogen) atoms. The maximum atomic E-state index is 11.8. The number of H-pyrrole nitrogens is 1. The molecule has 5 heteroatoms. The van der Waals surface area contributed by atoms with Crippen molar-refractivity contribution in [3.63, 3.8) is 0 Å². The van der Waals surface area contributed by atoms with Crippen molar-refractivity contribution >= 4 is 17.5 Å². The molecule has 4 nitrogen and oxygen atoms in total. The largest absolute Gasteiger partial charge is 0.350 e. The van der Waals surface area contributed by atoms with Crippen LogP contribution in [0.25, 0.3) is 0 Å². The molecule has 94 valence electrons. The van der Waals surface area contributed by atoms with E-state index in [1.54, 1.807) is 6.92 Å². The van der Waals surface area contributed by atoms with Crippen LogP contribution in [0.5, 0.6) is 0 Å². The zero-order valence-electron chi connectivity index (χ0n) is 9.98. The summed E-state index contributed by atoms with van der Waals surface area (Å²) < 4.78 is 0. The van der Waals surface area contributed by atoms with E-state index < -0.39 is 0 Å². The van der Waals surface area contributed by atoms with Gasteiger partial charge < -0.3 is 5.32 Å². The third-order valence-corrected chi connectivity index (χ3v) is 3.08. The number of benzene rings is 1. The van der Waals surface area contributed by atoms with Crippen molar-refractivity contribution in [2.45, 2.75) is 12.3 Å². The fraction of sp³-hybridized carbons (Fsp3) is 0.231. The molecule has 0 saturated heterocycles. The first-order valence-corrected chi connectivity index (χ1v) is 6.09. The van der Waals surface area contributed by atoms with Crippen LogP contribution in [0.4, 0.5) is 0 Å². The second-order valence-corrected chi connectivity index (χ2v) is 4.52. The lowest BCUT2D eigenvalue weighted by Crippen LogP contribution is -2.27. The highest BCUT2D eigenvalue weighted by atomic mass is 35.5. The second-order valence-electron chi connectivity index (χ2n) is 4.00. The van der Waals surface area contributed by atoms with Crippen LogP contribution in [0.2, 0.25) is 0 Å². The van der Waals surface area contributed by atoms with Gasteiger partial charge in [-0.05, 0) is 12.5 Å². The lowest BCUT2D eigenvalue weighted by molar-refractivity contribution is 0.0953. The number of alkyl halides is 1. The minimum atomic E-state index is -0.234. The van der Waals surface area contributed by atoms with Gasteiger partial charge in [0, 0.05) is 12.2 Å². The highest BCUT2D eigenvalue weighted by molar-refractivity contribution is 6.21. The average molecular weight is 264 g/mol. The Kier molecular flexibility index (Phi) is 3.99. The van der Waals surface area contributed by atoms with E-state index in [-0.39, 0.29) is 11.3 Å². The van der Waals surface area contributed by atoms with Crippen molar-refractivity contribution in [2.75, 3.05) is 6.54 Å². The number of carbonyl (C=O) groups excluding carboxylic acids is 1. The minimum Gasteiger partial charge on any atom is -0.350 e. The van der Waals surface area contributed by atoms with Crippen molar-refractivity contribution in [3.05, 3.63) is 53.3 Å². The predicted molar refractivity (Wildman–Crippen MR) is 70.7 cm³/mol. The van der Waals surface area contributed by atoms with Gasteiger partial charge in [0.05, 0.1) is 17.1 Å². The number of rotatable bonds is 4. The van der Waals surface area contributed by atoms with Crippen molar-refractivity contribution in [1.82, 2.24) is 15.5 Å². The fourth-order valence-electron chi connectivity index (χ4n) is 1.64. The molecule has 1 aromatic carbocycles. The van der Waals surface area contributed by atoms with Crippen molar-refractivity contribution in [2.24, 2.45) is 0 Å². The molecular formula is C13H14ClN3O. The third-order valence-electron chi connectivity index (χ3n) is 2.68. The van der Waals surface area contributed by atoms with E-state index in [1.165, 1.54) is 6.20 Å². The average Bonchev–Trinajstić information content (AvgIpc) is 2.83. The Balaban J connectivity index is 1.93. The molecule has 2 rings (SSSR count). The van der Waals surface area contributed by atoms with Crippen LogP contribution in [-0.2, 0) is 0 Å². The molecule has 0 aliphatic heterocycles. The van der Waals surface area contributed by atoms with Gasteiger partial charge in [-0.15, -0.1) is 11.6 Å². The van der Waals surface area contributed by atoms with Crippen LogP contribution in [-0.4, -0.2) is 22.6 Å². The summed E-state index contributed by atoms with van der Waals surface area (Å²) in [4.78, 5) is 11.8. The summed E-state index contributed by atoms with van der Waals surface area (Å²) in [5.74, 6) is -0.164. The van der Waals surface area contributed by atoms with E-state index in [0.29, 0.717) is 12.1 Å². The summed E-state index contributed by atoms with van der Waals surface area (Å²) in [5, 5.41) is 9.09. The Morgan fingerprint density at radius 2 is 2.17 bits per heavy atom. The second kappa shape index (κ2) is 5.69. The predicted octanol–water partition coefficient (Wildman–Crippen LogP) is 2.43. The first-order valence-electron chi connectivity index (χ1n) is 5.65. The van der Waals surface area contributed by atoms with Crippen molar-refractivity contribution in [1.29, 1.82) is 0 Å². The molecule has 1 atom stereocenters. The van der Waals surface area contributed by atoms with Gasteiger partial charge >= 0.3 is 0 Å². The van der Waals surface area contributed by atoms with Gasteiger partial charge in [-0.3, -0.25) is 9.89 Å². The summed E-state index contributed by atoms with van der Waals surface area (Å²) in [5.41, 5.74) is 2.29. The van der Waals surface area contributed by atoms with Crippen LogP contribution in [0.3, 0.4) is 0 Å². The van der Waals surface area contributed by atoms with Gasteiger partial charge in [0.25, 0.3) is 5.91 Å². The number of nitrogens with one attached hydrogen (secondary N) is 2. The van der Waals surface area contributed by atoms with Crippen LogP contribution >= 0.6 is 11.6 Å². The molecule has 1 aromatic heterocycles. The highest BCUT2D eigenvalue weighted by Crippen LogP contribution is 2.18. The number of aromatic amines is 1. The molecular weight excluding hydrogens is 250 g/mol. The van der Waals surface area contributed by atoms with Crippen LogP contribution < -0.4 is 5.32 Å². The summed E-state index contributed by atoms with van der Waals surface area (Å²) in [6, 6.07) is 9.65. The lowest BCUT2D eigenvalue weighted by Gasteiger charge is -2.10. The van der Waals surface area contributed by atoms with Crippen molar-refractivity contribution in [3.8, 4) is 0 Å². The minimum absolute atomic E-state index is 0.164. The summed E-state index contributed by atoms with van der Waals surface area (Å²) in [6.07, 6.45) is 1.51. The number of aromatic nitrogens is 2. The Bertz CT molecular complexity index is 524. The quantitative estimate of drug-likeness (QED) is 0.833. The topological polar surface area (TPSA) is 57.8 Å². The van der Waals surface area contributed by atoms with Crippen LogP contribution in [0.15, 0.2) is 36.5 Å². The van der Waals surface area contributed by atoms with E-state index >= 15 is 0 Å². The first-order chi connectivity index (χ1) is 8.68. The molecule has 0 fully saturated rings. The van der Waals surface area contributed by atoms with E-state index in [0.717, 1.165) is 11.3 Å². The lowest BCUT2D eigenvalue weighted by atomic mass is 10.1. The third kappa shape index (κ3) is 2.90. The number of halogens is 1. The van der Waals surface area contributed by atoms with Gasteiger partial charge in [0.2, 0.25) is 0 Å². The maximum absolute atomic E-state index is 11.8. The Labute approximate surface area is 110 Å². The molecule has 0 aliphatic carbocycles. The zero-order chi connectivity index (χ0) is 13.0. The number of amides is 1. The SMILES string of the molecule is Cc1[nH]ncc1C(=O)NCC(Cl)c1ccccc1. The normalized spacial score (nSPS) is 12.1. The zero-order valence-corrected chi connectivity index (χ0v) is 10.7.